The molecule has 1 aromatic rings. The molecule has 0 fully saturated rings. The van der Waals surface area contributed by atoms with Gasteiger partial charge in [0.1, 0.15) is 0 Å². The van der Waals surface area contributed by atoms with E-state index in [0.29, 0.717) is 0 Å². The summed E-state index contributed by atoms with van der Waals surface area (Å²) in [6, 6.07) is 2.05. The molecule has 1 aromatic heterocycles. The molecule has 2 N–H and O–H groups in total. The Balaban J connectivity index is 2.44. The second-order valence-corrected chi connectivity index (χ2v) is 4.47. The van der Waals surface area contributed by atoms with Crippen LogP contribution in [0.15, 0.2) is 48.3 Å². The average Bonchev–Trinajstić information content (AvgIpc) is 2.97. The quantitative estimate of drug-likeness (QED) is 0.830. The number of H-pyrrole nitrogens is 1. The van der Waals surface area contributed by atoms with Crippen molar-refractivity contribution in [3.05, 3.63) is 58.9 Å². The molecule has 0 amide bonds. The molecular weight excluding hydrogens is 220 g/mol. The van der Waals surface area contributed by atoms with Crippen LogP contribution in [0.4, 0.5) is 0 Å². The van der Waals surface area contributed by atoms with Crippen LogP contribution >= 0.6 is 0 Å². The maximum atomic E-state index is 4.01. The van der Waals surface area contributed by atoms with Crippen LogP contribution in [0, 0.1) is 0 Å². The Morgan fingerprint density at radius 3 is 2.89 bits per heavy atom. The van der Waals surface area contributed by atoms with Gasteiger partial charge in [0.2, 0.25) is 0 Å². The normalized spacial score (nSPS) is 17.4. The lowest BCUT2D eigenvalue weighted by Crippen LogP contribution is -2.28. The van der Waals surface area contributed by atoms with E-state index in [9.17, 15) is 0 Å². The largest absolute Gasteiger partial charge is 0.362 e. The smallest absolute Gasteiger partial charge is 0.0473 e. The topological polar surface area (TPSA) is 27.8 Å². The van der Waals surface area contributed by atoms with Gasteiger partial charge in [-0.3, -0.25) is 0 Å². The summed E-state index contributed by atoms with van der Waals surface area (Å²) in [4.78, 5) is 3.12. The molecule has 1 heterocycles. The highest BCUT2D eigenvalue weighted by Gasteiger charge is 2.12. The maximum Gasteiger partial charge on any atom is 0.0473 e. The molecule has 0 radical (unpaired) electrons. The van der Waals surface area contributed by atoms with E-state index in [-0.39, 0.29) is 0 Å². The summed E-state index contributed by atoms with van der Waals surface area (Å²) >= 11 is 0. The fourth-order valence-corrected chi connectivity index (χ4v) is 2.32. The maximum absolute atomic E-state index is 4.01. The molecule has 2 heteroatoms. The van der Waals surface area contributed by atoms with E-state index in [2.05, 4.69) is 29.5 Å². The molecule has 0 spiro atoms. The summed E-state index contributed by atoms with van der Waals surface area (Å²) in [6.07, 6.45) is 11.4. The van der Waals surface area contributed by atoms with Crippen LogP contribution in [0.5, 0.6) is 0 Å². The number of aromatic amines is 1. The number of rotatable bonds is 4. The van der Waals surface area contributed by atoms with Crippen molar-refractivity contribution < 1.29 is 0 Å². The third kappa shape index (κ3) is 2.48. The lowest BCUT2D eigenvalue weighted by Gasteiger charge is -2.09. The van der Waals surface area contributed by atoms with Gasteiger partial charge < -0.3 is 10.3 Å². The van der Waals surface area contributed by atoms with Gasteiger partial charge in [0.25, 0.3) is 0 Å². The van der Waals surface area contributed by atoms with E-state index in [0.717, 1.165) is 29.1 Å². The number of hydrogen-bond donors (Lipinski definition) is 2. The van der Waals surface area contributed by atoms with E-state index < -0.39 is 0 Å². The van der Waals surface area contributed by atoms with E-state index in [4.69, 9.17) is 0 Å². The molecule has 2 rings (SSSR count). The Kier molecular flexibility index (Phi) is 3.88. The number of nitrogens with one attached hydrogen (secondary N) is 2. The minimum absolute atomic E-state index is 0.939. The van der Waals surface area contributed by atoms with Gasteiger partial charge in [-0.25, -0.2) is 0 Å². The highest BCUT2D eigenvalue weighted by Crippen LogP contribution is 2.25. The van der Waals surface area contributed by atoms with Gasteiger partial charge in [0.05, 0.1) is 0 Å². The van der Waals surface area contributed by atoms with Crippen LogP contribution in [0.25, 0.3) is 12.3 Å². The monoisotopic (exact) mass is 240 g/mol. The molecule has 0 bridgehead atoms. The van der Waals surface area contributed by atoms with Crippen LogP contribution < -0.4 is 15.9 Å². The zero-order chi connectivity index (χ0) is 13.0. The van der Waals surface area contributed by atoms with Crippen molar-refractivity contribution in [3.8, 4) is 0 Å². The minimum atomic E-state index is 0.939. The minimum Gasteiger partial charge on any atom is -0.362 e. The van der Waals surface area contributed by atoms with Crippen molar-refractivity contribution in [3.63, 3.8) is 0 Å². The molecule has 0 aliphatic heterocycles. The molecule has 0 saturated carbocycles. The van der Waals surface area contributed by atoms with Gasteiger partial charge in [-0.1, -0.05) is 25.3 Å². The van der Waals surface area contributed by atoms with Crippen LogP contribution in [-0.2, 0) is 0 Å². The zero-order valence-electron chi connectivity index (χ0n) is 10.9. The van der Waals surface area contributed by atoms with E-state index in [1.54, 1.807) is 0 Å². The molecule has 0 unspecified atom stereocenters. The van der Waals surface area contributed by atoms with Crippen molar-refractivity contribution >= 4 is 12.3 Å². The molecule has 18 heavy (non-hydrogen) atoms. The Labute approximate surface area is 108 Å². The van der Waals surface area contributed by atoms with E-state index in [1.807, 2.05) is 31.3 Å². The van der Waals surface area contributed by atoms with Crippen molar-refractivity contribution in [2.45, 2.75) is 26.2 Å². The Morgan fingerprint density at radius 2 is 2.28 bits per heavy atom. The summed E-state index contributed by atoms with van der Waals surface area (Å²) in [6.45, 7) is 9.92. The predicted molar refractivity (Wildman–Crippen MR) is 78.0 cm³/mol. The predicted octanol–water partition coefficient (Wildman–Crippen LogP) is 2.32. The van der Waals surface area contributed by atoms with Crippen molar-refractivity contribution in [1.82, 2.24) is 10.3 Å². The van der Waals surface area contributed by atoms with Crippen LogP contribution in [0.1, 0.15) is 26.2 Å². The van der Waals surface area contributed by atoms with Crippen molar-refractivity contribution in [1.29, 1.82) is 0 Å². The molecule has 0 atom stereocenters. The standard InChI is InChI=1S/C16H20N2/c1-4-7-16(14-10-11-17-12(14)3)18-15-9-6-8-13(15)5-2/h4-5,7,10-11,17-18H,2-3,6,8-9H2,1H3/b7-4-,16-14+. The molecule has 1 aliphatic rings. The molecular formula is C16H20N2. The summed E-state index contributed by atoms with van der Waals surface area (Å²) in [5.74, 6) is 0. The van der Waals surface area contributed by atoms with Crippen molar-refractivity contribution in [2.24, 2.45) is 0 Å². The van der Waals surface area contributed by atoms with Gasteiger partial charge in [0.15, 0.2) is 0 Å². The van der Waals surface area contributed by atoms with Gasteiger partial charge >= 0.3 is 0 Å². The fraction of sp³-hybridized carbons (Fsp3) is 0.250. The fourth-order valence-electron chi connectivity index (χ4n) is 2.32. The first-order valence-electron chi connectivity index (χ1n) is 6.37. The van der Waals surface area contributed by atoms with Crippen molar-refractivity contribution in [2.75, 3.05) is 0 Å². The Bertz CT molecular complexity index is 599. The van der Waals surface area contributed by atoms with Gasteiger partial charge in [0, 0.05) is 28.2 Å². The van der Waals surface area contributed by atoms with Gasteiger partial charge in [-0.15, -0.1) is 0 Å². The second kappa shape index (κ2) is 5.58. The van der Waals surface area contributed by atoms with Crippen LogP contribution in [0.2, 0.25) is 0 Å². The Hall–Kier alpha value is -1.96. The van der Waals surface area contributed by atoms with Gasteiger partial charge in [-0.05, 0) is 43.9 Å². The highest BCUT2D eigenvalue weighted by atomic mass is 14.9. The van der Waals surface area contributed by atoms with E-state index >= 15 is 0 Å². The summed E-state index contributed by atoms with van der Waals surface area (Å²) in [5.41, 5.74) is 3.72. The van der Waals surface area contributed by atoms with Gasteiger partial charge in [-0.2, -0.15) is 0 Å². The lowest BCUT2D eigenvalue weighted by molar-refractivity contribution is 0.869. The third-order valence-corrected chi connectivity index (χ3v) is 3.25. The third-order valence-electron chi connectivity index (χ3n) is 3.25. The average molecular weight is 240 g/mol. The molecule has 0 aromatic carbocycles. The number of aromatic nitrogens is 1. The molecule has 2 nitrogen and oxygen atoms in total. The summed E-state index contributed by atoms with van der Waals surface area (Å²) in [5, 5.41) is 5.60. The first-order chi connectivity index (χ1) is 8.76. The lowest BCUT2D eigenvalue weighted by atomic mass is 10.2. The van der Waals surface area contributed by atoms with Crippen LogP contribution in [-0.4, -0.2) is 4.98 Å². The Morgan fingerprint density at radius 1 is 1.44 bits per heavy atom. The number of hydrogen-bond acceptors (Lipinski definition) is 1. The first-order valence-corrected chi connectivity index (χ1v) is 6.37. The number of allylic oxidation sites excluding steroid dienone is 4. The highest BCUT2D eigenvalue weighted by molar-refractivity contribution is 5.57. The zero-order valence-corrected chi connectivity index (χ0v) is 10.9. The molecule has 0 saturated heterocycles. The first kappa shape index (κ1) is 12.5. The molecule has 1 aliphatic carbocycles. The summed E-state index contributed by atoms with van der Waals surface area (Å²) in [7, 11) is 0. The molecule has 94 valence electrons. The second-order valence-electron chi connectivity index (χ2n) is 4.47. The SMILES string of the molecule is C=CC1=C(NC(/C=C\C)=c2\cc[nH]c2=C)CCC1. The summed E-state index contributed by atoms with van der Waals surface area (Å²) < 4.78 is 0. The van der Waals surface area contributed by atoms with Crippen LogP contribution in [0.3, 0.4) is 0 Å². The van der Waals surface area contributed by atoms with E-state index in [1.165, 1.54) is 17.7 Å².